The van der Waals surface area contributed by atoms with E-state index in [4.69, 9.17) is 0 Å². The summed E-state index contributed by atoms with van der Waals surface area (Å²) >= 11 is 0. The maximum absolute atomic E-state index is 12.0. The van der Waals surface area contributed by atoms with Crippen molar-refractivity contribution in [2.75, 3.05) is 6.61 Å². The monoisotopic (exact) mass is 237 g/mol. The molecule has 2 aliphatic rings. The lowest BCUT2D eigenvalue weighted by Gasteiger charge is -2.18. The van der Waals surface area contributed by atoms with Crippen LogP contribution in [0.25, 0.3) is 0 Å². The summed E-state index contributed by atoms with van der Waals surface area (Å²) in [5, 5.41) is 9.17. The van der Waals surface area contributed by atoms with Crippen molar-refractivity contribution in [1.82, 2.24) is 0 Å². The molecule has 2 saturated carbocycles. The van der Waals surface area contributed by atoms with Gasteiger partial charge in [0.1, 0.15) is 5.78 Å². The van der Waals surface area contributed by atoms with Crippen molar-refractivity contribution in [2.24, 2.45) is 28.2 Å². The number of aliphatic hydroxyl groups is 1. The second-order valence-corrected chi connectivity index (χ2v) is 6.12. The van der Waals surface area contributed by atoms with Crippen LogP contribution in [-0.4, -0.2) is 29.3 Å². The van der Waals surface area contributed by atoms with Crippen LogP contribution in [0.3, 0.4) is 0 Å². The molecule has 0 aliphatic heterocycles. The van der Waals surface area contributed by atoms with Gasteiger partial charge in [0, 0.05) is 12.1 Å². The van der Waals surface area contributed by atoms with Gasteiger partial charge in [-0.1, -0.05) is 20.8 Å². The molecule has 17 heavy (non-hydrogen) atoms. The number of aliphatic imine (C=N–C) groups is 1. The summed E-state index contributed by atoms with van der Waals surface area (Å²) in [5.74, 6) is 1.44. The van der Waals surface area contributed by atoms with Gasteiger partial charge in [-0.15, -0.1) is 0 Å². The van der Waals surface area contributed by atoms with Crippen LogP contribution in [0.5, 0.6) is 0 Å². The molecule has 1 N–H and O–H groups in total. The number of Topliss-reactive ketones (excluding diaryl/α,β-unsaturated/α-hetero) is 1. The van der Waals surface area contributed by atoms with Gasteiger partial charge in [0.15, 0.2) is 0 Å². The van der Waals surface area contributed by atoms with Crippen LogP contribution in [0.2, 0.25) is 0 Å². The Balaban J connectivity index is 2.14. The van der Waals surface area contributed by atoms with Gasteiger partial charge < -0.3 is 5.11 Å². The molecule has 1 unspecified atom stereocenters. The Hall–Kier alpha value is -0.700. The van der Waals surface area contributed by atoms with Crippen molar-refractivity contribution in [3.8, 4) is 0 Å². The second kappa shape index (κ2) is 4.20. The van der Waals surface area contributed by atoms with Crippen LogP contribution in [0.4, 0.5) is 0 Å². The predicted molar refractivity (Wildman–Crippen MR) is 68.1 cm³/mol. The van der Waals surface area contributed by atoms with E-state index in [0.717, 1.165) is 18.6 Å². The first kappa shape index (κ1) is 12.7. The molecule has 4 atom stereocenters. The van der Waals surface area contributed by atoms with Crippen LogP contribution in [0, 0.1) is 23.2 Å². The highest BCUT2D eigenvalue weighted by atomic mass is 16.3. The number of carbonyl (C=O) groups is 1. The third kappa shape index (κ3) is 1.95. The maximum Gasteiger partial charge on any atom is 0.142 e. The summed E-state index contributed by atoms with van der Waals surface area (Å²) in [6, 6.07) is -0.0382. The predicted octanol–water partition coefficient (Wildman–Crippen LogP) is 2.08. The standard InChI is InChI=1S/C14H23NO2/c1-5-9(7-16)15-8(2)12-11(17)6-10-13(12)14(10,3)4/h9-10,12-13,16H,5-7H2,1-4H3/t9-,10+,12?,13+/m0/s1. The molecule has 3 heteroatoms. The van der Waals surface area contributed by atoms with Crippen LogP contribution >= 0.6 is 0 Å². The highest BCUT2D eigenvalue weighted by molar-refractivity contribution is 6.07. The molecule has 0 aromatic heterocycles. The van der Waals surface area contributed by atoms with Gasteiger partial charge in [0.25, 0.3) is 0 Å². The normalized spacial score (nSPS) is 36.9. The van der Waals surface area contributed by atoms with Crippen LogP contribution < -0.4 is 0 Å². The molecule has 0 spiro atoms. The maximum atomic E-state index is 12.0. The number of rotatable bonds is 4. The average molecular weight is 237 g/mol. The summed E-state index contributed by atoms with van der Waals surface area (Å²) in [7, 11) is 0. The minimum atomic E-state index is -0.0382. The molecule has 0 bridgehead atoms. The molecular weight excluding hydrogens is 214 g/mol. The van der Waals surface area contributed by atoms with E-state index in [1.807, 2.05) is 13.8 Å². The zero-order valence-electron chi connectivity index (χ0n) is 11.2. The first-order valence-corrected chi connectivity index (χ1v) is 6.61. The van der Waals surface area contributed by atoms with Crippen molar-refractivity contribution in [3.05, 3.63) is 0 Å². The van der Waals surface area contributed by atoms with E-state index in [2.05, 4.69) is 18.8 Å². The highest BCUT2D eigenvalue weighted by Gasteiger charge is 2.67. The Morgan fingerprint density at radius 3 is 2.71 bits per heavy atom. The third-order valence-electron chi connectivity index (χ3n) is 4.78. The van der Waals surface area contributed by atoms with Crippen LogP contribution in [0.15, 0.2) is 4.99 Å². The molecule has 2 rings (SSSR count). The second-order valence-electron chi connectivity index (χ2n) is 6.12. The molecular formula is C14H23NO2. The molecule has 0 heterocycles. The van der Waals surface area contributed by atoms with Gasteiger partial charge in [-0.3, -0.25) is 9.79 Å². The largest absolute Gasteiger partial charge is 0.394 e. The molecule has 96 valence electrons. The molecule has 2 fully saturated rings. The Morgan fingerprint density at radius 2 is 2.24 bits per heavy atom. The number of ketones is 1. The van der Waals surface area contributed by atoms with Crippen molar-refractivity contribution >= 4 is 11.5 Å². The van der Waals surface area contributed by atoms with E-state index in [1.54, 1.807) is 0 Å². The lowest BCUT2D eigenvalue weighted by molar-refractivity contribution is -0.120. The van der Waals surface area contributed by atoms with Gasteiger partial charge >= 0.3 is 0 Å². The summed E-state index contributed by atoms with van der Waals surface area (Å²) in [5.41, 5.74) is 1.25. The van der Waals surface area contributed by atoms with E-state index >= 15 is 0 Å². The fraction of sp³-hybridized carbons (Fsp3) is 0.857. The number of hydrogen-bond acceptors (Lipinski definition) is 3. The number of carbonyl (C=O) groups excluding carboxylic acids is 1. The highest BCUT2D eigenvalue weighted by Crippen LogP contribution is 2.68. The minimum Gasteiger partial charge on any atom is -0.394 e. The Kier molecular flexibility index (Phi) is 3.15. The number of aliphatic hydroxyl groups excluding tert-OH is 1. The molecule has 2 aliphatic carbocycles. The number of fused-ring (bicyclic) bond motifs is 1. The minimum absolute atomic E-state index is 0.0237. The van der Waals surface area contributed by atoms with Crippen molar-refractivity contribution in [1.29, 1.82) is 0 Å². The smallest absolute Gasteiger partial charge is 0.142 e. The zero-order valence-corrected chi connectivity index (χ0v) is 11.2. The summed E-state index contributed by atoms with van der Waals surface area (Å²) < 4.78 is 0. The Bertz CT molecular complexity index is 355. The Morgan fingerprint density at radius 1 is 1.59 bits per heavy atom. The van der Waals surface area contributed by atoms with Crippen molar-refractivity contribution < 1.29 is 9.90 Å². The first-order chi connectivity index (χ1) is 7.93. The fourth-order valence-corrected chi connectivity index (χ4v) is 3.50. The third-order valence-corrected chi connectivity index (χ3v) is 4.78. The summed E-state index contributed by atoms with van der Waals surface area (Å²) in [6.45, 7) is 8.54. The van der Waals surface area contributed by atoms with Crippen molar-refractivity contribution in [2.45, 2.75) is 46.6 Å². The SMILES string of the molecule is CC[C@@H](CO)N=C(C)C1C(=O)C[C@@H]2[C@H]1C2(C)C. The average Bonchev–Trinajstić information content (AvgIpc) is 2.64. The van der Waals surface area contributed by atoms with Crippen molar-refractivity contribution in [3.63, 3.8) is 0 Å². The van der Waals surface area contributed by atoms with E-state index in [1.165, 1.54) is 0 Å². The molecule has 0 saturated heterocycles. The van der Waals surface area contributed by atoms with E-state index in [9.17, 15) is 9.90 Å². The van der Waals surface area contributed by atoms with Gasteiger partial charge in [-0.2, -0.15) is 0 Å². The molecule has 0 amide bonds. The first-order valence-electron chi connectivity index (χ1n) is 6.61. The van der Waals surface area contributed by atoms with Crippen LogP contribution in [-0.2, 0) is 4.79 Å². The van der Waals surface area contributed by atoms with Gasteiger partial charge in [0.05, 0.1) is 18.6 Å². The molecule has 0 aromatic carbocycles. The molecule has 0 aromatic rings. The number of nitrogens with zero attached hydrogens (tertiary/aromatic N) is 1. The zero-order chi connectivity index (χ0) is 12.8. The summed E-state index contributed by atoms with van der Waals surface area (Å²) in [4.78, 5) is 16.5. The quantitative estimate of drug-likeness (QED) is 0.761. The van der Waals surface area contributed by atoms with E-state index in [0.29, 0.717) is 23.0 Å². The summed E-state index contributed by atoms with van der Waals surface area (Å²) in [6.07, 6.45) is 1.55. The lowest BCUT2D eigenvalue weighted by atomic mass is 9.88. The van der Waals surface area contributed by atoms with E-state index in [-0.39, 0.29) is 18.6 Å². The Labute approximate surface area is 103 Å². The van der Waals surface area contributed by atoms with Gasteiger partial charge in [-0.25, -0.2) is 0 Å². The lowest BCUT2D eigenvalue weighted by Crippen LogP contribution is -2.26. The molecule has 0 radical (unpaired) electrons. The topological polar surface area (TPSA) is 49.7 Å². The van der Waals surface area contributed by atoms with E-state index < -0.39 is 0 Å². The fourth-order valence-electron chi connectivity index (χ4n) is 3.50. The van der Waals surface area contributed by atoms with Crippen LogP contribution in [0.1, 0.15) is 40.5 Å². The van der Waals surface area contributed by atoms with Gasteiger partial charge in [0.2, 0.25) is 0 Å². The number of hydrogen-bond donors (Lipinski definition) is 1. The molecule has 3 nitrogen and oxygen atoms in total. The van der Waals surface area contributed by atoms with Gasteiger partial charge in [-0.05, 0) is 30.6 Å².